The fourth-order valence-corrected chi connectivity index (χ4v) is 2.64. The van der Waals surface area contributed by atoms with Gasteiger partial charge in [-0.15, -0.1) is 0 Å². The molecule has 1 aliphatic rings. The molecule has 2 rings (SSSR count). The van der Waals surface area contributed by atoms with Gasteiger partial charge in [0.25, 0.3) is 0 Å². The van der Waals surface area contributed by atoms with E-state index in [2.05, 4.69) is 36.2 Å². The normalized spacial score (nSPS) is 20.9. The van der Waals surface area contributed by atoms with Crippen molar-refractivity contribution in [3.05, 3.63) is 35.4 Å². The zero-order valence-electron chi connectivity index (χ0n) is 11.8. The number of hydrogen-bond acceptors (Lipinski definition) is 4. The first-order chi connectivity index (χ1) is 9.26. The van der Waals surface area contributed by atoms with Gasteiger partial charge in [-0.1, -0.05) is 24.3 Å². The van der Waals surface area contributed by atoms with Crippen LogP contribution >= 0.6 is 0 Å². The van der Waals surface area contributed by atoms with Gasteiger partial charge in [-0.2, -0.15) is 0 Å². The van der Waals surface area contributed by atoms with Gasteiger partial charge < -0.3 is 15.2 Å². The van der Waals surface area contributed by atoms with Crippen LogP contribution in [0.4, 0.5) is 0 Å². The molecule has 0 bridgehead atoms. The lowest BCUT2D eigenvalue weighted by atomic mass is 10.0. The van der Waals surface area contributed by atoms with Crippen molar-refractivity contribution in [2.75, 3.05) is 33.9 Å². The minimum absolute atomic E-state index is 0.253. The first kappa shape index (κ1) is 14.5. The van der Waals surface area contributed by atoms with E-state index in [1.165, 1.54) is 11.1 Å². The maximum atomic E-state index is 5.96. The Labute approximate surface area is 115 Å². The maximum absolute atomic E-state index is 5.96. The number of methoxy groups -OCH3 is 1. The fourth-order valence-electron chi connectivity index (χ4n) is 2.64. The van der Waals surface area contributed by atoms with E-state index in [4.69, 9.17) is 15.2 Å². The Bertz CT molecular complexity index is 374. The Balaban J connectivity index is 2.07. The molecule has 106 valence electrons. The highest BCUT2D eigenvalue weighted by Gasteiger charge is 2.26. The molecule has 1 aliphatic heterocycles. The van der Waals surface area contributed by atoms with E-state index in [0.29, 0.717) is 19.2 Å². The molecule has 0 radical (unpaired) electrons. The molecule has 4 nitrogen and oxygen atoms in total. The first-order valence-electron chi connectivity index (χ1n) is 6.83. The molecule has 2 unspecified atom stereocenters. The standard InChI is InChI=1S/C15H24N2O2/c1-17(14-7-8-19-11-14)15(9-16)13-5-3-12(4-6-13)10-18-2/h3-6,14-15H,7-11,16H2,1-2H3. The highest BCUT2D eigenvalue weighted by molar-refractivity contribution is 5.25. The molecule has 1 heterocycles. The molecule has 0 saturated carbocycles. The summed E-state index contributed by atoms with van der Waals surface area (Å²) in [5, 5.41) is 0. The van der Waals surface area contributed by atoms with Gasteiger partial charge in [0.15, 0.2) is 0 Å². The van der Waals surface area contributed by atoms with E-state index in [0.717, 1.165) is 19.6 Å². The Morgan fingerprint density at radius 1 is 1.42 bits per heavy atom. The molecule has 0 amide bonds. The second kappa shape index (κ2) is 7.01. The number of benzene rings is 1. The lowest BCUT2D eigenvalue weighted by Crippen LogP contribution is -2.38. The van der Waals surface area contributed by atoms with Crippen molar-refractivity contribution >= 4 is 0 Å². The van der Waals surface area contributed by atoms with Gasteiger partial charge in [0, 0.05) is 32.3 Å². The van der Waals surface area contributed by atoms with Crippen LogP contribution in [0.5, 0.6) is 0 Å². The SMILES string of the molecule is COCc1ccc(C(CN)N(C)C2CCOC2)cc1. The first-order valence-corrected chi connectivity index (χ1v) is 6.83. The van der Waals surface area contributed by atoms with E-state index >= 15 is 0 Å². The lowest BCUT2D eigenvalue weighted by Gasteiger charge is -2.31. The van der Waals surface area contributed by atoms with Gasteiger partial charge in [-0.25, -0.2) is 0 Å². The monoisotopic (exact) mass is 264 g/mol. The summed E-state index contributed by atoms with van der Waals surface area (Å²) in [6, 6.07) is 9.26. The molecule has 19 heavy (non-hydrogen) atoms. The molecule has 0 aliphatic carbocycles. The van der Waals surface area contributed by atoms with Gasteiger partial charge in [-0.05, 0) is 24.6 Å². The van der Waals surface area contributed by atoms with Crippen LogP contribution in [0.2, 0.25) is 0 Å². The minimum Gasteiger partial charge on any atom is -0.380 e. The molecule has 1 fully saturated rings. The van der Waals surface area contributed by atoms with Crippen molar-refractivity contribution in [3.63, 3.8) is 0 Å². The molecule has 1 saturated heterocycles. The van der Waals surface area contributed by atoms with Gasteiger partial charge in [0.05, 0.1) is 13.2 Å². The Kier molecular flexibility index (Phi) is 5.34. The van der Waals surface area contributed by atoms with Gasteiger partial charge in [0.1, 0.15) is 0 Å². The number of rotatable bonds is 6. The number of ether oxygens (including phenoxy) is 2. The van der Waals surface area contributed by atoms with E-state index < -0.39 is 0 Å². The molecular weight excluding hydrogens is 240 g/mol. The van der Waals surface area contributed by atoms with Crippen molar-refractivity contribution < 1.29 is 9.47 Å². The van der Waals surface area contributed by atoms with Crippen LogP contribution in [0, 0.1) is 0 Å². The third-order valence-electron chi connectivity index (χ3n) is 3.87. The van der Waals surface area contributed by atoms with Crippen molar-refractivity contribution in [2.45, 2.75) is 25.1 Å². The Hall–Kier alpha value is -0.940. The van der Waals surface area contributed by atoms with E-state index in [1.807, 2.05) is 0 Å². The average Bonchev–Trinajstić information content (AvgIpc) is 2.96. The summed E-state index contributed by atoms with van der Waals surface area (Å²) in [5.41, 5.74) is 8.41. The summed E-state index contributed by atoms with van der Waals surface area (Å²) in [6.07, 6.45) is 1.09. The van der Waals surface area contributed by atoms with Crippen LogP contribution in [-0.4, -0.2) is 44.9 Å². The quantitative estimate of drug-likeness (QED) is 0.847. The maximum Gasteiger partial charge on any atom is 0.0713 e. The van der Waals surface area contributed by atoms with Crippen LogP contribution in [0.1, 0.15) is 23.6 Å². The Morgan fingerprint density at radius 2 is 2.16 bits per heavy atom. The van der Waals surface area contributed by atoms with Crippen molar-refractivity contribution in [1.29, 1.82) is 0 Å². The lowest BCUT2D eigenvalue weighted by molar-refractivity contribution is 0.134. The van der Waals surface area contributed by atoms with E-state index in [1.54, 1.807) is 7.11 Å². The highest BCUT2D eigenvalue weighted by Crippen LogP contribution is 2.24. The molecule has 4 heteroatoms. The molecule has 2 N–H and O–H groups in total. The summed E-state index contributed by atoms with van der Waals surface area (Å²) >= 11 is 0. The summed E-state index contributed by atoms with van der Waals surface area (Å²) < 4.78 is 10.6. The number of likely N-dealkylation sites (N-methyl/N-ethyl adjacent to an activating group) is 1. The average molecular weight is 264 g/mol. The van der Waals surface area contributed by atoms with Crippen LogP contribution < -0.4 is 5.73 Å². The van der Waals surface area contributed by atoms with E-state index in [-0.39, 0.29) is 6.04 Å². The second-order valence-corrected chi connectivity index (χ2v) is 5.11. The van der Waals surface area contributed by atoms with Crippen molar-refractivity contribution in [1.82, 2.24) is 4.90 Å². The minimum atomic E-state index is 0.253. The van der Waals surface area contributed by atoms with Crippen LogP contribution in [0.15, 0.2) is 24.3 Å². The fraction of sp³-hybridized carbons (Fsp3) is 0.600. The summed E-state index contributed by atoms with van der Waals surface area (Å²) in [4.78, 5) is 2.35. The van der Waals surface area contributed by atoms with Gasteiger partial charge >= 0.3 is 0 Å². The predicted molar refractivity (Wildman–Crippen MR) is 75.9 cm³/mol. The molecule has 0 aromatic heterocycles. The summed E-state index contributed by atoms with van der Waals surface area (Å²) in [5.74, 6) is 0. The smallest absolute Gasteiger partial charge is 0.0713 e. The van der Waals surface area contributed by atoms with Crippen molar-refractivity contribution in [3.8, 4) is 0 Å². The zero-order chi connectivity index (χ0) is 13.7. The number of hydrogen-bond donors (Lipinski definition) is 1. The highest BCUT2D eigenvalue weighted by atomic mass is 16.5. The number of nitrogens with two attached hydrogens (primary N) is 1. The predicted octanol–water partition coefficient (Wildman–Crippen LogP) is 1.55. The molecular formula is C15H24N2O2. The number of nitrogens with zero attached hydrogens (tertiary/aromatic N) is 1. The second-order valence-electron chi connectivity index (χ2n) is 5.11. The largest absolute Gasteiger partial charge is 0.380 e. The molecule has 0 spiro atoms. The summed E-state index contributed by atoms with van der Waals surface area (Å²) in [7, 11) is 3.85. The van der Waals surface area contributed by atoms with Crippen LogP contribution in [0.3, 0.4) is 0 Å². The zero-order valence-corrected chi connectivity index (χ0v) is 11.8. The van der Waals surface area contributed by atoms with Crippen molar-refractivity contribution in [2.24, 2.45) is 5.73 Å². The van der Waals surface area contributed by atoms with Crippen LogP contribution in [-0.2, 0) is 16.1 Å². The third-order valence-corrected chi connectivity index (χ3v) is 3.87. The molecule has 2 atom stereocenters. The third kappa shape index (κ3) is 3.54. The van der Waals surface area contributed by atoms with Gasteiger partial charge in [0.2, 0.25) is 0 Å². The summed E-state index contributed by atoms with van der Waals surface area (Å²) in [6.45, 7) is 2.95. The topological polar surface area (TPSA) is 47.7 Å². The van der Waals surface area contributed by atoms with Crippen LogP contribution in [0.25, 0.3) is 0 Å². The molecule has 1 aromatic rings. The van der Waals surface area contributed by atoms with Gasteiger partial charge in [-0.3, -0.25) is 4.90 Å². The molecule has 1 aromatic carbocycles. The van der Waals surface area contributed by atoms with E-state index in [9.17, 15) is 0 Å². The Morgan fingerprint density at radius 3 is 2.68 bits per heavy atom.